The minimum Gasteiger partial charge on any atom is -0.465 e. The van der Waals surface area contributed by atoms with Gasteiger partial charge in [-0.2, -0.15) is 0 Å². The second kappa shape index (κ2) is 15.1. The first-order valence-corrected chi connectivity index (χ1v) is 11.9. The molecule has 0 radical (unpaired) electrons. The molecule has 4 N–H and O–H groups in total. The molecule has 9 heteroatoms. The van der Waals surface area contributed by atoms with Crippen LogP contribution in [0.25, 0.3) is 0 Å². The number of methoxy groups -OCH3 is 1. The van der Waals surface area contributed by atoms with E-state index in [-0.39, 0.29) is 5.97 Å². The Morgan fingerprint density at radius 3 is 2.52 bits per heavy atom. The van der Waals surface area contributed by atoms with Gasteiger partial charge in [0.15, 0.2) is 0 Å². The summed E-state index contributed by atoms with van der Waals surface area (Å²) in [6.07, 6.45) is 8.51. The van der Waals surface area contributed by atoms with Crippen LogP contribution in [0.4, 0.5) is 5.69 Å². The average Bonchev–Trinajstić information content (AvgIpc) is 2.82. The number of nitrogens with one attached hydrogen (secondary N) is 1. The number of aliphatic hydroxyl groups excluding tert-OH is 1. The van der Waals surface area contributed by atoms with Gasteiger partial charge in [0, 0.05) is 32.2 Å². The number of halogens is 2. The molecule has 0 amide bonds. The zero-order valence-electron chi connectivity index (χ0n) is 19.0. The smallest absolute Gasteiger partial charge is 0.339 e. The van der Waals surface area contributed by atoms with Crippen molar-refractivity contribution in [1.29, 1.82) is 0 Å². The first-order valence-electron chi connectivity index (χ1n) is 11.2. The van der Waals surface area contributed by atoms with Gasteiger partial charge >= 0.3 is 5.97 Å². The van der Waals surface area contributed by atoms with Gasteiger partial charge in [-0.1, -0.05) is 36.0 Å². The van der Waals surface area contributed by atoms with Gasteiger partial charge in [-0.3, -0.25) is 4.98 Å². The van der Waals surface area contributed by atoms with Crippen LogP contribution < -0.4 is 11.1 Å². The predicted molar refractivity (Wildman–Crippen MR) is 132 cm³/mol. The van der Waals surface area contributed by atoms with Crippen molar-refractivity contribution in [1.82, 2.24) is 10.3 Å². The molecular weight excluding hydrogens is 465 g/mol. The number of hydrogen-bond acceptors (Lipinski definition) is 7. The number of unbranched alkanes of at least 4 members (excludes halogenated alkanes) is 3. The molecule has 0 fully saturated rings. The van der Waals surface area contributed by atoms with Crippen LogP contribution in [-0.2, 0) is 15.9 Å². The lowest BCUT2D eigenvalue weighted by Crippen LogP contribution is -2.22. The number of pyridine rings is 1. The number of anilines is 1. The number of nitrogens with zero attached hydrogens (tertiary/aromatic N) is 1. The molecule has 0 spiro atoms. The molecule has 0 aliphatic rings. The van der Waals surface area contributed by atoms with Crippen LogP contribution in [0, 0.1) is 0 Å². The molecule has 0 aliphatic carbocycles. The van der Waals surface area contributed by atoms with Crippen LogP contribution in [0.5, 0.6) is 0 Å². The van der Waals surface area contributed by atoms with Crippen molar-refractivity contribution in [2.75, 3.05) is 39.1 Å². The Hall–Kier alpha value is -1.90. The Morgan fingerprint density at radius 2 is 1.79 bits per heavy atom. The SMILES string of the molecule is COC(=O)c1cncc(CCCOCCCCCCNCC(O)c2cc(Cl)c(N)c(Cl)c2)c1. The number of rotatable bonds is 15. The van der Waals surface area contributed by atoms with E-state index >= 15 is 0 Å². The van der Waals surface area contributed by atoms with Crippen molar-refractivity contribution >= 4 is 34.9 Å². The topological polar surface area (TPSA) is 107 Å². The van der Waals surface area contributed by atoms with Crippen LogP contribution in [-0.4, -0.2) is 49.5 Å². The van der Waals surface area contributed by atoms with Crippen LogP contribution in [0.3, 0.4) is 0 Å². The van der Waals surface area contributed by atoms with Gasteiger partial charge in [-0.25, -0.2) is 4.79 Å². The molecule has 0 saturated carbocycles. The summed E-state index contributed by atoms with van der Waals surface area (Å²) in [6, 6.07) is 5.10. The molecular formula is C24H33Cl2N3O4. The molecule has 2 aromatic rings. The highest BCUT2D eigenvalue weighted by molar-refractivity contribution is 6.38. The van der Waals surface area contributed by atoms with Crippen LogP contribution >= 0.6 is 23.2 Å². The lowest BCUT2D eigenvalue weighted by molar-refractivity contribution is 0.0600. The van der Waals surface area contributed by atoms with E-state index in [1.165, 1.54) is 13.3 Å². The van der Waals surface area contributed by atoms with Crippen molar-refractivity contribution in [2.45, 2.75) is 44.6 Å². The predicted octanol–water partition coefficient (Wildman–Crippen LogP) is 4.59. The minimum atomic E-state index is -0.687. The molecule has 2 rings (SSSR count). The van der Waals surface area contributed by atoms with E-state index in [0.717, 1.165) is 57.2 Å². The van der Waals surface area contributed by atoms with E-state index in [0.29, 0.717) is 40.0 Å². The number of aryl methyl sites for hydroxylation is 1. The lowest BCUT2D eigenvalue weighted by atomic mass is 10.1. The zero-order valence-corrected chi connectivity index (χ0v) is 20.5. The Kier molecular flexibility index (Phi) is 12.5. The molecule has 1 atom stereocenters. The standard InChI is InChI=1S/C24H33Cl2N3O4/c1-32-24(31)19-11-17(14-29-15-19)7-6-10-33-9-5-3-2-4-8-28-16-22(30)18-12-20(25)23(27)21(26)13-18/h11-15,22,28,30H,2-10,16,27H2,1H3. The summed E-state index contributed by atoms with van der Waals surface area (Å²) in [5.74, 6) is -0.372. The summed E-state index contributed by atoms with van der Waals surface area (Å²) in [5, 5.41) is 14.2. The Morgan fingerprint density at radius 1 is 1.09 bits per heavy atom. The van der Waals surface area contributed by atoms with Gasteiger partial charge in [0.2, 0.25) is 0 Å². The Balaban J connectivity index is 1.45. The lowest BCUT2D eigenvalue weighted by Gasteiger charge is -2.14. The van der Waals surface area contributed by atoms with Crippen molar-refractivity contribution < 1.29 is 19.4 Å². The van der Waals surface area contributed by atoms with Crippen LogP contribution in [0.15, 0.2) is 30.6 Å². The number of benzene rings is 1. The van der Waals surface area contributed by atoms with E-state index in [1.807, 2.05) is 6.07 Å². The van der Waals surface area contributed by atoms with E-state index in [1.54, 1.807) is 18.3 Å². The summed E-state index contributed by atoms with van der Waals surface area (Å²) >= 11 is 12.0. The fraction of sp³-hybridized carbons (Fsp3) is 0.500. The Bertz CT molecular complexity index is 860. The quantitative estimate of drug-likeness (QED) is 0.187. The number of ether oxygens (including phenoxy) is 2. The number of nitrogens with two attached hydrogens (primary N) is 1. The summed E-state index contributed by atoms with van der Waals surface area (Å²) in [7, 11) is 1.36. The van der Waals surface area contributed by atoms with E-state index in [4.69, 9.17) is 38.4 Å². The number of aliphatic hydroxyl groups is 1. The highest BCUT2D eigenvalue weighted by atomic mass is 35.5. The maximum Gasteiger partial charge on any atom is 0.339 e. The number of nitrogen functional groups attached to an aromatic ring is 1. The molecule has 33 heavy (non-hydrogen) atoms. The highest BCUT2D eigenvalue weighted by Crippen LogP contribution is 2.31. The maximum absolute atomic E-state index is 11.5. The number of carbonyl (C=O) groups is 1. The fourth-order valence-electron chi connectivity index (χ4n) is 3.29. The third kappa shape index (κ3) is 9.86. The van der Waals surface area contributed by atoms with Gasteiger partial charge in [0.1, 0.15) is 0 Å². The van der Waals surface area contributed by atoms with Gasteiger partial charge in [-0.05, 0) is 61.6 Å². The molecule has 0 aliphatic heterocycles. The van der Waals surface area contributed by atoms with Crippen molar-refractivity contribution in [2.24, 2.45) is 0 Å². The second-order valence-electron chi connectivity index (χ2n) is 7.82. The van der Waals surface area contributed by atoms with Gasteiger partial charge in [0.25, 0.3) is 0 Å². The molecule has 1 aromatic heterocycles. The maximum atomic E-state index is 11.5. The number of carbonyl (C=O) groups excluding carboxylic acids is 1. The van der Waals surface area contributed by atoms with Crippen molar-refractivity contribution in [3.63, 3.8) is 0 Å². The molecule has 1 unspecified atom stereocenters. The summed E-state index contributed by atoms with van der Waals surface area (Å²) in [4.78, 5) is 15.6. The monoisotopic (exact) mass is 497 g/mol. The molecule has 0 bridgehead atoms. The largest absolute Gasteiger partial charge is 0.465 e. The number of hydrogen-bond donors (Lipinski definition) is 3. The average molecular weight is 498 g/mol. The van der Waals surface area contributed by atoms with Gasteiger partial charge in [-0.15, -0.1) is 0 Å². The molecule has 7 nitrogen and oxygen atoms in total. The fourth-order valence-corrected chi connectivity index (χ4v) is 3.80. The zero-order chi connectivity index (χ0) is 24.1. The molecule has 0 saturated heterocycles. The summed E-state index contributed by atoms with van der Waals surface area (Å²) in [5.41, 5.74) is 8.17. The minimum absolute atomic E-state index is 0.328. The summed E-state index contributed by atoms with van der Waals surface area (Å²) < 4.78 is 10.4. The third-order valence-corrected chi connectivity index (χ3v) is 5.81. The Labute approximate surface area is 205 Å². The van der Waals surface area contributed by atoms with Crippen molar-refractivity contribution in [3.8, 4) is 0 Å². The first kappa shape index (κ1) is 27.3. The van der Waals surface area contributed by atoms with Gasteiger partial charge < -0.3 is 25.6 Å². The summed E-state index contributed by atoms with van der Waals surface area (Å²) in [6.45, 7) is 2.68. The molecule has 1 aromatic carbocycles. The van der Waals surface area contributed by atoms with Crippen LogP contribution in [0.2, 0.25) is 10.0 Å². The normalized spacial score (nSPS) is 12.0. The van der Waals surface area contributed by atoms with Crippen molar-refractivity contribution in [3.05, 3.63) is 57.3 Å². The molecule has 1 heterocycles. The van der Waals surface area contributed by atoms with E-state index < -0.39 is 6.10 Å². The van der Waals surface area contributed by atoms with E-state index in [9.17, 15) is 9.90 Å². The highest BCUT2D eigenvalue weighted by Gasteiger charge is 2.12. The van der Waals surface area contributed by atoms with Gasteiger partial charge in [0.05, 0.1) is 34.5 Å². The van der Waals surface area contributed by atoms with E-state index in [2.05, 4.69) is 10.3 Å². The number of esters is 1. The second-order valence-corrected chi connectivity index (χ2v) is 8.64. The number of aromatic nitrogens is 1. The first-order chi connectivity index (χ1) is 15.9. The molecule has 182 valence electrons. The third-order valence-electron chi connectivity index (χ3n) is 5.19. The van der Waals surface area contributed by atoms with Crippen LogP contribution in [0.1, 0.15) is 59.7 Å².